The average molecular weight is 871 g/mol. The van der Waals surface area contributed by atoms with E-state index in [1.165, 1.54) is 23.1 Å². The summed E-state index contributed by atoms with van der Waals surface area (Å²) in [4.78, 5) is 127. The van der Waals surface area contributed by atoms with Crippen molar-refractivity contribution >= 4 is 75.2 Å². The third kappa shape index (κ3) is 11.1. The van der Waals surface area contributed by atoms with Crippen molar-refractivity contribution < 1.29 is 52.8 Å². The van der Waals surface area contributed by atoms with E-state index in [4.69, 9.17) is 5.73 Å². The van der Waals surface area contributed by atoms with E-state index >= 15 is 0 Å². The lowest BCUT2D eigenvalue weighted by Gasteiger charge is -2.32. The number of phenols is 1. The molecule has 1 aromatic heterocycles. The van der Waals surface area contributed by atoms with Crippen LogP contribution in [0.2, 0.25) is 0 Å². The third-order valence-corrected chi connectivity index (χ3v) is 12.8. The van der Waals surface area contributed by atoms with E-state index in [1.807, 2.05) is 0 Å². The molecule has 5 rings (SSSR count). The zero-order valence-corrected chi connectivity index (χ0v) is 35.2. The molecule has 3 aliphatic heterocycles. The molecule has 1 saturated heterocycles. The van der Waals surface area contributed by atoms with Gasteiger partial charge in [0.2, 0.25) is 58.2 Å². The van der Waals surface area contributed by atoms with E-state index in [0.717, 1.165) is 0 Å². The highest BCUT2D eigenvalue weighted by atomic mass is 32.2. The Balaban J connectivity index is 1.70. The zero-order valence-electron chi connectivity index (χ0n) is 34.4. The Morgan fingerprint density at radius 2 is 1.48 bits per heavy atom. The number of aromatic hydroxyl groups is 1. The van der Waals surface area contributed by atoms with Crippen LogP contribution in [0.25, 0.3) is 10.9 Å². The standard InChI is InChI=1S/C39H54N10O11S/c1-5-18(3)31-36(57)42-15-29(52)43-26-17-61(60)38-22(21-10-9-20(50)12-23(21)46-38)13-24(33(54)41-16-30(53)47-31)44-37(58)32(19(4)6-2)48-35(56)27-8-7-11-49(27)39(59)25(14-28(40)51)45-34(26)55/h9-10,12,18-19,24-27,31-32,46,50H,5-8,11,13-17H2,1-4H3,(H2,40,51)(H,41,54)(H,42,57)(H,43,52)(H,44,58)(H,45,55)(H,47,53)(H,48,56). The molecule has 2 bridgehead atoms. The van der Waals surface area contributed by atoms with Crippen LogP contribution in [0, 0.1) is 11.8 Å². The fourth-order valence-electron chi connectivity index (χ4n) is 7.58. The molecular weight excluding hydrogens is 817 g/mol. The van der Waals surface area contributed by atoms with Gasteiger partial charge in [-0.15, -0.1) is 0 Å². The molecular formula is C39H54N10O11S. The van der Waals surface area contributed by atoms with Gasteiger partial charge in [-0.2, -0.15) is 0 Å². The predicted molar refractivity (Wildman–Crippen MR) is 218 cm³/mol. The third-order valence-electron chi connectivity index (χ3n) is 11.4. The van der Waals surface area contributed by atoms with Crippen LogP contribution in [0.4, 0.5) is 0 Å². The van der Waals surface area contributed by atoms with Crippen molar-refractivity contribution in [3.05, 3.63) is 23.8 Å². The number of hydrogen-bond donors (Lipinski definition) is 10. The van der Waals surface area contributed by atoms with E-state index in [1.54, 1.807) is 27.7 Å². The molecule has 332 valence electrons. The monoisotopic (exact) mass is 870 g/mol. The number of carbonyl (C=O) groups is 9. The summed E-state index contributed by atoms with van der Waals surface area (Å²) in [5.41, 5.74) is 5.97. The molecule has 11 N–H and O–H groups in total. The number of fused-ring (bicyclic) bond motifs is 5. The first kappa shape index (κ1) is 46.2. The van der Waals surface area contributed by atoms with E-state index in [-0.39, 0.29) is 41.2 Å². The van der Waals surface area contributed by atoms with Crippen LogP contribution in [0.5, 0.6) is 5.75 Å². The number of carbonyl (C=O) groups excluding carboxylic acids is 9. The summed E-state index contributed by atoms with van der Waals surface area (Å²) in [6, 6.07) is -4.28. The Kier molecular flexibility index (Phi) is 15.2. The Morgan fingerprint density at radius 1 is 0.836 bits per heavy atom. The van der Waals surface area contributed by atoms with Crippen molar-refractivity contribution in [3.8, 4) is 5.75 Å². The van der Waals surface area contributed by atoms with Gasteiger partial charge in [-0.05, 0) is 36.8 Å². The minimum Gasteiger partial charge on any atom is -0.610 e. The van der Waals surface area contributed by atoms with Gasteiger partial charge in [0.1, 0.15) is 41.7 Å². The summed E-state index contributed by atoms with van der Waals surface area (Å²) < 4.78 is 14.5. The lowest BCUT2D eigenvalue weighted by atomic mass is 9.96. The van der Waals surface area contributed by atoms with Crippen molar-refractivity contribution in [3.63, 3.8) is 0 Å². The normalized spacial score (nSPS) is 27.6. The second kappa shape index (κ2) is 20.1. The number of phenolic OH excluding ortho intramolecular Hbond substituents is 1. The van der Waals surface area contributed by atoms with Crippen molar-refractivity contribution in [1.82, 2.24) is 47.1 Å². The molecule has 61 heavy (non-hydrogen) atoms. The first-order valence-electron chi connectivity index (χ1n) is 20.3. The summed E-state index contributed by atoms with van der Waals surface area (Å²) in [6.45, 7) is 5.63. The second-order valence-corrected chi connectivity index (χ2v) is 17.2. The minimum atomic E-state index is -2.28. The van der Waals surface area contributed by atoms with E-state index in [2.05, 4.69) is 42.2 Å². The van der Waals surface area contributed by atoms with Gasteiger partial charge in [-0.3, -0.25) is 43.2 Å². The van der Waals surface area contributed by atoms with Crippen LogP contribution in [0.1, 0.15) is 65.4 Å². The number of primary amides is 1. The van der Waals surface area contributed by atoms with Crippen molar-refractivity contribution in [1.29, 1.82) is 0 Å². The molecule has 3 aliphatic rings. The molecule has 0 aliphatic carbocycles. The van der Waals surface area contributed by atoms with Crippen LogP contribution < -0.4 is 43.0 Å². The van der Waals surface area contributed by atoms with Crippen LogP contribution in [-0.4, -0.2) is 134 Å². The van der Waals surface area contributed by atoms with Crippen molar-refractivity contribution in [2.45, 2.75) is 107 Å². The molecule has 9 atom stereocenters. The SMILES string of the molecule is CCC(C)C1NC(=O)CNC(=O)C2Cc3c([nH]c4cc(O)ccc34)[S+]([O-])CC(NC(=O)CNC1=O)C(=O)NC(CC(N)=O)C(=O)N1CCCC1C(=O)NC(C(C)CC)C(=O)N2. The number of aromatic amines is 1. The number of nitrogens with two attached hydrogens (primary N) is 1. The molecule has 0 radical (unpaired) electrons. The van der Waals surface area contributed by atoms with Crippen LogP contribution in [-0.2, 0) is 60.7 Å². The topological polar surface area (TPSA) is 326 Å². The van der Waals surface area contributed by atoms with E-state index < -0.39 is 138 Å². The van der Waals surface area contributed by atoms with E-state index in [0.29, 0.717) is 24.6 Å². The number of amides is 9. The Bertz CT molecular complexity index is 2060. The molecule has 1 aromatic carbocycles. The van der Waals surface area contributed by atoms with Crippen molar-refractivity contribution in [2.75, 3.05) is 25.4 Å². The number of benzene rings is 1. The second-order valence-electron chi connectivity index (χ2n) is 15.7. The molecule has 22 heteroatoms. The molecule has 2 aromatic rings. The van der Waals surface area contributed by atoms with Gasteiger partial charge in [0.05, 0.1) is 25.0 Å². The van der Waals surface area contributed by atoms with Gasteiger partial charge in [0, 0.05) is 41.2 Å². The Morgan fingerprint density at radius 3 is 2.13 bits per heavy atom. The number of rotatable bonds is 6. The Hall–Kier alpha value is -5.90. The highest BCUT2D eigenvalue weighted by Gasteiger charge is 2.42. The molecule has 0 spiro atoms. The quantitative estimate of drug-likeness (QED) is 0.132. The molecule has 21 nitrogen and oxygen atoms in total. The smallest absolute Gasteiger partial charge is 0.248 e. The predicted octanol–water partition coefficient (Wildman–Crippen LogP) is -2.83. The van der Waals surface area contributed by atoms with Crippen molar-refractivity contribution in [2.24, 2.45) is 17.6 Å². The first-order valence-corrected chi connectivity index (χ1v) is 21.6. The lowest BCUT2D eigenvalue weighted by molar-refractivity contribution is -0.143. The highest BCUT2D eigenvalue weighted by Crippen LogP contribution is 2.31. The van der Waals surface area contributed by atoms with Gasteiger partial charge in [0.15, 0.2) is 6.04 Å². The van der Waals surface area contributed by atoms with Gasteiger partial charge in [0.25, 0.3) is 0 Å². The van der Waals surface area contributed by atoms with Gasteiger partial charge >= 0.3 is 0 Å². The van der Waals surface area contributed by atoms with Crippen LogP contribution in [0.15, 0.2) is 23.2 Å². The van der Waals surface area contributed by atoms with Gasteiger partial charge < -0.3 is 62.5 Å². The average Bonchev–Trinajstić information content (AvgIpc) is 3.85. The van der Waals surface area contributed by atoms with Gasteiger partial charge in [-0.1, -0.05) is 40.5 Å². The molecule has 9 amide bonds. The molecule has 9 unspecified atom stereocenters. The molecule has 1 fully saturated rings. The zero-order chi connectivity index (χ0) is 44.7. The number of H-pyrrole nitrogens is 1. The maximum atomic E-state index is 14.5. The number of nitrogens with one attached hydrogen (secondary N) is 8. The summed E-state index contributed by atoms with van der Waals surface area (Å²) in [7, 11) is 0. The van der Waals surface area contributed by atoms with Crippen LogP contribution >= 0.6 is 0 Å². The number of aromatic nitrogens is 1. The number of nitrogens with zero attached hydrogens (tertiary/aromatic N) is 1. The summed E-state index contributed by atoms with van der Waals surface area (Å²) >= 11 is -2.28. The fraction of sp³-hybridized carbons (Fsp3) is 0.564. The lowest BCUT2D eigenvalue weighted by Crippen LogP contribution is -2.61. The van der Waals surface area contributed by atoms with Crippen LogP contribution in [0.3, 0.4) is 0 Å². The Labute approximate surface area is 354 Å². The molecule has 4 heterocycles. The molecule has 0 saturated carbocycles. The fourth-order valence-corrected chi connectivity index (χ4v) is 8.97. The number of hydrogen-bond acceptors (Lipinski definition) is 11. The first-order chi connectivity index (χ1) is 28.9. The van der Waals surface area contributed by atoms with E-state index in [9.17, 15) is 52.8 Å². The maximum absolute atomic E-state index is 14.5. The largest absolute Gasteiger partial charge is 0.610 e. The summed E-state index contributed by atoms with van der Waals surface area (Å²) in [5.74, 6) is -9.55. The summed E-state index contributed by atoms with van der Waals surface area (Å²) in [5, 5.41) is 28.5. The highest BCUT2D eigenvalue weighted by molar-refractivity contribution is 7.91. The maximum Gasteiger partial charge on any atom is 0.248 e. The minimum absolute atomic E-state index is 0.0400. The van der Waals surface area contributed by atoms with Gasteiger partial charge in [-0.25, -0.2) is 0 Å². The summed E-state index contributed by atoms with van der Waals surface area (Å²) in [6.07, 6.45) is 0.223.